The molecule has 1 aliphatic heterocycles. The number of halogens is 1. The molecule has 1 aliphatic rings. The van der Waals surface area contributed by atoms with E-state index in [2.05, 4.69) is 0 Å². The second kappa shape index (κ2) is 5.69. The van der Waals surface area contributed by atoms with E-state index in [1.165, 1.54) is 6.07 Å². The maximum atomic E-state index is 13.8. The minimum Gasteiger partial charge on any atom is -0.492 e. The average Bonchev–Trinajstić information content (AvgIpc) is 2.40. The van der Waals surface area contributed by atoms with E-state index >= 15 is 0 Å². The van der Waals surface area contributed by atoms with Crippen molar-refractivity contribution in [3.05, 3.63) is 23.5 Å². The molecule has 0 aliphatic carbocycles. The zero-order chi connectivity index (χ0) is 13.0. The fourth-order valence-electron chi connectivity index (χ4n) is 1.95. The SMILES string of the molecule is CCOc1cc(N2CCOCC2)cc(F)c1C#N. The molecule has 18 heavy (non-hydrogen) atoms. The first-order valence-electron chi connectivity index (χ1n) is 5.95. The average molecular weight is 250 g/mol. The summed E-state index contributed by atoms with van der Waals surface area (Å²) in [6.07, 6.45) is 0. The van der Waals surface area contributed by atoms with E-state index in [-0.39, 0.29) is 5.56 Å². The lowest BCUT2D eigenvalue weighted by molar-refractivity contribution is 0.122. The van der Waals surface area contributed by atoms with Gasteiger partial charge >= 0.3 is 0 Å². The van der Waals surface area contributed by atoms with Crippen LogP contribution in [0.1, 0.15) is 12.5 Å². The van der Waals surface area contributed by atoms with Crippen LogP contribution in [0.2, 0.25) is 0 Å². The van der Waals surface area contributed by atoms with Crippen molar-refractivity contribution in [2.24, 2.45) is 0 Å². The van der Waals surface area contributed by atoms with Crippen LogP contribution in [-0.4, -0.2) is 32.9 Å². The monoisotopic (exact) mass is 250 g/mol. The van der Waals surface area contributed by atoms with Crippen LogP contribution in [0.3, 0.4) is 0 Å². The molecule has 0 N–H and O–H groups in total. The first-order chi connectivity index (χ1) is 8.76. The van der Waals surface area contributed by atoms with Crippen LogP contribution in [0.4, 0.5) is 10.1 Å². The number of benzene rings is 1. The molecular formula is C13H15FN2O2. The van der Waals surface area contributed by atoms with Gasteiger partial charge in [0.1, 0.15) is 23.2 Å². The maximum absolute atomic E-state index is 13.8. The normalized spacial score (nSPS) is 15.3. The Labute approximate surface area is 106 Å². The Morgan fingerprint density at radius 3 is 2.78 bits per heavy atom. The molecule has 0 radical (unpaired) electrons. The second-order valence-corrected chi connectivity index (χ2v) is 3.94. The van der Waals surface area contributed by atoms with E-state index in [1.807, 2.05) is 11.0 Å². The van der Waals surface area contributed by atoms with Crippen LogP contribution >= 0.6 is 0 Å². The third kappa shape index (κ3) is 2.54. The molecule has 4 nitrogen and oxygen atoms in total. The number of morpholine rings is 1. The van der Waals surface area contributed by atoms with Gasteiger partial charge in [-0.25, -0.2) is 4.39 Å². The van der Waals surface area contributed by atoms with Crippen LogP contribution in [-0.2, 0) is 4.74 Å². The minimum atomic E-state index is -0.537. The van der Waals surface area contributed by atoms with Crippen molar-refractivity contribution in [3.63, 3.8) is 0 Å². The topological polar surface area (TPSA) is 45.5 Å². The zero-order valence-electron chi connectivity index (χ0n) is 10.3. The Balaban J connectivity index is 2.34. The number of nitriles is 1. The highest BCUT2D eigenvalue weighted by Crippen LogP contribution is 2.28. The number of nitrogens with zero attached hydrogens (tertiary/aromatic N) is 2. The fourth-order valence-corrected chi connectivity index (χ4v) is 1.95. The van der Waals surface area contributed by atoms with Gasteiger partial charge in [-0.1, -0.05) is 0 Å². The van der Waals surface area contributed by atoms with Gasteiger partial charge in [0.15, 0.2) is 0 Å². The van der Waals surface area contributed by atoms with Crippen LogP contribution in [0.15, 0.2) is 12.1 Å². The summed E-state index contributed by atoms with van der Waals surface area (Å²) >= 11 is 0. The molecule has 2 rings (SSSR count). The molecule has 1 heterocycles. The highest BCUT2D eigenvalue weighted by atomic mass is 19.1. The molecule has 5 heteroatoms. The van der Waals surface area contributed by atoms with Gasteiger partial charge in [-0.2, -0.15) is 5.26 Å². The summed E-state index contributed by atoms with van der Waals surface area (Å²) in [5.74, 6) is -0.230. The molecular weight excluding hydrogens is 235 g/mol. The molecule has 0 atom stereocenters. The Kier molecular flexibility index (Phi) is 4.00. The van der Waals surface area contributed by atoms with Crippen LogP contribution in [0, 0.1) is 17.1 Å². The van der Waals surface area contributed by atoms with Gasteiger partial charge in [0.25, 0.3) is 0 Å². The lowest BCUT2D eigenvalue weighted by Gasteiger charge is -2.29. The lowest BCUT2D eigenvalue weighted by atomic mass is 10.1. The van der Waals surface area contributed by atoms with Gasteiger partial charge in [0, 0.05) is 24.8 Å². The zero-order valence-corrected chi connectivity index (χ0v) is 10.3. The molecule has 1 saturated heterocycles. The predicted molar refractivity (Wildman–Crippen MR) is 65.3 cm³/mol. The van der Waals surface area contributed by atoms with Crippen molar-refractivity contribution >= 4 is 5.69 Å². The fraction of sp³-hybridized carbons (Fsp3) is 0.462. The quantitative estimate of drug-likeness (QED) is 0.822. The van der Waals surface area contributed by atoms with E-state index in [0.29, 0.717) is 25.6 Å². The molecule has 1 aromatic rings. The van der Waals surface area contributed by atoms with Crippen molar-refractivity contribution < 1.29 is 13.9 Å². The highest BCUT2D eigenvalue weighted by Gasteiger charge is 2.17. The number of ether oxygens (including phenoxy) is 2. The number of rotatable bonds is 3. The van der Waals surface area contributed by atoms with Crippen LogP contribution in [0.5, 0.6) is 5.75 Å². The van der Waals surface area contributed by atoms with Crippen molar-refractivity contribution in [1.82, 2.24) is 0 Å². The van der Waals surface area contributed by atoms with Gasteiger partial charge in [0.2, 0.25) is 0 Å². The summed E-state index contributed by atoms with van der Waals surface area (Å²) in [5.41, 5.74) is 0.701. The third-order valence-electron chi connectivity index (χ3n) is 2.83. The van der Waals surface area contributed by atoms with E-state index in [4.69, 9.17) is 14.7 Å². The Hall–Kier alpha value is -1.80. The lowest BCUT2D eigenvalue weighted by Crippen LogP contribution is -2.36. The summed E-state index contributed by atoms with van der Waals surface area (Å²) in [6, 6.07) is 4.94. The summed E-state index contributed by atoms with van der Waals surface area (Å²) in [5, 5.41) is 8.92. The van der Waals surface area contributed by atoms with Gasteiger partial charge in [-0.05, 0) is 13.0 Å². The predicted octanol–water partition coefficient (Wildman–Crippen LogP) is 1.93. The molecule has 0 bridgehead atoms. The van der Waals surface area contributed by atoms with E-state index < -0.39 is 5.82 Å². The summed E-state index contributed by atoms with van der Waals surface area (Å²) < 4.78 is 24.4. The molecule has 0 amide bonds. The van der Waals surface area contributed by atoms with Gasteiger partial charge in [-0.15, -0.1) is 0 Å². The van der Waals surface area contributed by atoms with Crippen molar-refractivity contribution in [1.29, 1.82) is 5.26 Å². The van der Waals surface area contributed by atoms with Crippen molar-refractivity contribution in [2.45, 2.75) is 6.92 Å². The first kappa shape index (κ1) is 12.7. The third-order valence-corrected chi connectivity index (χ3v) is 2.83. The van der Waals surface area contributed by atoms with E-state index in [9.17, 15) is 4.39 Å². The largest absolute Gasteiger partial charge is 0.492 e. The standard InChI is InChI=1S/C13H15FN2O2/c1-2-18-13-8-10(7-12(14)11(13)9-15)16-3-5-17-6-4-16/h7-8H,2-6H2,1H3. The van der Waals surface area contributed by atoms with Crippen LogP contribution in [0.25, 0.3) is 0 Å². The number of hydrogen-bond donors (Lipinski definition) is 0. The Morgan fingerprint density at radius 2 is 2.17 bits per heavy atom. The molecule has 0 aromatic heterocycles. The summed E-state index contributed by atoms with van der Waals surface area (Å²) in [6.45, 7) is 4.91. The molecule has 96 valence electrons. The molecule has 1 fully saturated rings. The van der Waals surface area contributed by atoms with Gasteiger partial charge in [-0.3, -0.25) is 0 Å². The molecule has 1 aromatic carbocycles. The number of anilines is 1. The van der Waals surface area contributed by atoms with E-state index in [0.717, 1.165) is 18.8 Å². The van der Waals surface area contributed by atoms with Gasteiger partial charge in [0.05, 0.1) is 19.8 Å². The van der Waals surface area contributed by atoms with E-state index in [1.54, 1.807) is 13.0 Å². The number of hydrogen-bond acceptors (Lipinski definition) is 4. The smallest absolute Gasteiger partial charge is 0.146 e. The first-order valence-corrected chi connectivity index (χ1v) is 5.95. The maximum Gasteiger partial charge on any atom is 0.146 e. The second-order valence-electron chi connectivity index (χ2n) is 3.94. The Morgan fingerprint density at radius 1 is 1.44 bits per heavy atom. The van der Waals surface area contributed by atoms with Crippen LogP contribution < -0.4 is 9.64 Å². The van der Waals surface area contributed by atoms with Crippen molar-refractivity contribution in [2.75, 3.05) is 37.8 Å². The molecule has 0 spiro atoms. The molecule has 0 unspecified atom stereocenters. The summed E-state index contributed by atoms with van der Waals surface area (Å²) in [7, 11) is 0. The Bertz CT molecular complexity index is 465. The summed E-state index contributed by atoms with van der Waals surface area (Å²) in [4.78, 5) is 2.02. The highest BCUT2D eigenvalue weighted by molar-refractivity contribution is 5.58. The van der Waals surface area contributed by atoms with Crippen molar-refractivity contribution in [3.8, 4) is 11.8 Å². The molecule has 0 saturated carbocycles. The van der Waals surface area contributed by atoms with Gasteiger partial charge < -0.3 is 14.4 Å². The minimum absolute atomic E-state index is 0.0335.